The van der Waals surface area contributed by atoms with E-state index in [1.54, 1.807) is 4.52 Å². The maximum absolute atomic E-state index is 9.00. The topological polar surface area (TPSA) is 63.3 Å². The lowest BCUT2D eigenvalue weighted by atomic mass is 9.97. The van der Waals surface area contributed by atoms with E-state index in [9.17, 15) is 0 Å². The third-order valence-corrected chi connectivity index (χ3v) is 3.38. The van der Waals surface area contributed by atoms with Crippen molar-refractivity contribution in [2.24, 2.45) is 0 Å². The Hall–Kier alpha value is -1.14. The number of aromatic nitrogens is 4. The normalized spacial score (nSPS) is 15.4. The fourth-order valence-electron chi connectivity index (χ4n) is 2.13. The van der Waals surface area contributed by atoms with Crippen LogP contribution in [0.3, 0.4) is 0 Å². The van der Waals surface area contributed by atoms with Gasteiger partial charge < -0.3 is 5.11 Å². The van der Waals surface area contributed by atoms with Crippen LogP contribution in [-0.4, -0.2) is 24.7 Å². The Kier molecular flexibility index (Phi) is 2.33. The number of nitrogens with zero attached hydrogens (tertiary/aromatic N) is 4. The Bertz CT molecular complexity index is 551. The molecular weight excluding hydrogens is 224 g/mol. The van der Waals surface area contributed by atoms with E-state index in [1.165, 1.54) is 18.4 Å². The average molecular weight is 236 g/mol. The molecule has 5 nitrogen and oxygen atoms in total. The van der Waals surface area contributed by atoms with Gasteiger partial charge >= 0.3 is 0 Å². The van der Waals surface area contributed by atoms with Gasteiger partial charge in [-0.25, -0.2) is 4.98 Å². The molecule has 3 rings (SSSR count). The number of thiol groups is 1. The van der Waals surface area contributed by atoms with Crippen LogP contribution in [0, 0.1) is 0 Å². The quantitative estimate of drug-likeness (QED) is 0.567. The molecule has 16 heavy (non-hydrogen) atoms. The van der Waals surface area contributed by atoms with Crippen LogP contribution in [-0.2, 0) is 19.4 Å². The second kappa shape index (κ2) is 3.71. The molecule has 0 atom stereocenters. The molecule has 0 bridgehead atoms. The largest absolute Gasteiger partial charge is 0.388 e. The molecule has 2 heterocycles. The lowest BCUT2D eigenvalue weighted by Gasteiger charge is -2.16. The van der Waals surface area contributed by atoms with Gasteiger partial charge in [0.1, 0.15) is 11.6 Å². The molecule has 2 aromatic rings. The highest BCUT2D eigenvalue weighted by Crippen LogP contribution is 2.25. The molecule has 0 aromatic carbocycles. The van der Waals surface area contributed by atoms with Gasteiger partial charge in [-0.15, -0.1) is 17.7 Å². The third-order valence-electron chi connectivity index (χ3n) is 2.92. The van der Waals surface area contributed by atoms with Crippen molar-refractivity contribution in [3.63, 3.8) is 0 Å². The fraction of sp³-hybridized carbons (Fsp3) is 0.500. The Balaban J connectivity index is 2.28. The van der Waals surface area contributed by atoms with Gasteiger partial charge in [0.15, 0.2) is 5.82 Å². The first-order valence-electron chi connectivity index (χ1n) is 5.37. The molecule has 84 valence electrons. The molecule has 0 fully saturated rings. The maximum atomic E-state index is 9.00. The Morgan fingerprint density at radius 2 is 2.06 bits per heavy atom. The van der Waals surface area contributed by atoms with E-state index >= 15 is 0 Å². The SMILES string of the molecule is OCc1nc2nc3c(c(S)n2n1)CCCC3. The molecule has 1 aliphatic rings. The number of aryl methyl sites for hydroxylation is 1. The van der Waals surface area contributed by atoms with Crippen LogP contribution in [0.1, 0.15) is 29.9 Å². The van der Waals surface area contributed by atoms with Gasteiger partial charge in [-0.05, 0) is 25.7 Å². The van der Waals surface area contributed by atoms with Crippen LogP contribution in [0.15, 0.2) is 5.03 Å². The molecule has 0 spiro atoms. The molecule has 0 saturated heterocycles. The molecule has 0 aliphatic heterocycles. The minimum atomic E-state index is -0.165. The molecular formula is C10H12N4OS. The predicted molar refractivity (Wildman–Crippen MR) is 60.6 cm³/mol. The van der Waals surface area contributed by atoms with Crippen molar-refractivity contribution in [3.05, 3.63) is 17.1 Å². The average Bonchev–Trinajstić information content (AvgIpc) is 2.73. The number of aliphatic hydroxyl groups is 1. The molecule has 1 N–H and O–H groups in total. The molecule has 0 unspecified atom stereocenters. The lowest BCUT2D eigenvalue weighted by Crippen LogP contribution is -2.10. The Morgan fingerprint density at radius 3 is 2.88 bits per heavy atom. The summed E-state index contributed by atoms with van der Waals surface area (Å²) in [4.78, 5) is 8.62. The molecule has 1 aliphatic carbocycles. The summed E-state index contributed by atoms with van der Waals surface area (Å²) in [6, 6.07) is 0. The minimum Gasteiger partial charge on any atom is -0.388 e. The third kappa shape index (κ3) is 1.41. The van der Waals surface area contributed by atoms with Gasteiger partial charge in [0.05, 0.1) is 5.69 Å². The van der Waals surface area contributed by atoms with Gasteiger partial charge in [-0.1, -0.05) is 0 Å². The summed E-state index contributed by atoms with van der Waals surface area (Å²) in [6.07, 6.45) is 4.34. The fourth-order valence-corrected chi connectivity index (χ4v) is 2.50. The number of hydrogen-bond acceptors (Lipinski definition) is 5. The highest BCUT2D eigenvalue weighted by atomic mass is 32.1. The van der Waals surface area contributed by atoms with Crippen LogP contribution >= 0.6 is 12.6 Å². The summed E-state index contributed by atoms with van der Waals surface area (Å²) < 4.78 is 1.61. The Labute approximate surface area is 97.9 Å². The van der Waals surface area contributed by atoms with E-state index in [4.69, 9.17) is 5.11 Å². The molecule has 0 radical (unpaired) electrons. The van der Waals surface area contributed by atoms with Gasteiger partial charge in [0, 0.05) is 5.56 Å². The first kappa shape index (κ1) is 10.0. The molecule has 6 heteroatoms. The summed E-state index contributed by atoms with van der Waals surface area (Å²) in [5.41, 5.74) is 2.26. The van der Waals surface area contributed by atoms with E-state index in [0.717, 1.165) is 23.6 Å². The van der Waals surface area contributed by atoms with Crippen molar-refractivity contribution in [2.75, 3.05) is 0 Å². The summed E-state index contributed by atoms with van der Waals surface area (Å²) in [7, 11) is 0. The molecule has 0 saturated carbocycles. The highest BCUT2D eigenvalue weighted by Gasteiger charge is 2.18. The van der Waals surface area contributed by atoms with Crippen molar-refractivity contribution >= 4 is 18.4 Å². The second-order valence-electron chi connectivity index (χ2n) is 3.97. The zero-order valence-corrected chi connectivity index (χ0v) is 9.61. The number of aliphatic hydroxyl groups excluding tert-OH is 1. The van der Waals surface area contributed by atoms with Crippen LogP contribution in [0.25, 0.3) is 5.78 Å². The van der Waals surface area contributed by atoms with Crippen molar-refractivity contribution in [3.8, 4) is 0 Å². The zero-order valence-electron chi connectivity index (χ0n) is 8.72. The summed E-state index contributed by atoms with van der Waals surface area (Å²) in [6.45, 7) is -0.165. The first-order chi connectivity index (χ1) is 7.79. The molecule has 2 aromatic heterocycles. The van der Waals surface area contributed by atoms with E-state index in [-0.39, 0.29) is 6.61 Å². The monoisotopic (exact) mass is 236 g/mol. The summed E-state index contributed by atoms with van der Waals surface area (Å²) in [5.74, 6) is 0.930. The van der Waals surface area contributed by atoms with Gasteiger partial charge in [0.2, 0.25) is 0 Å². The molecule has 0 amide bonds. The Morgan fingerprint density at radius 1 is 1.25 bits per heavy atom. The van der Waals surface area contributed by atoms with Gasteiger partial charge in [-0.3, -0.25) is 0 Å². The van der Waals surface area contributed by atoms with Crippen LogP contribution in [0.4, 0.5) is 0 Å². The van der Waals surface area contributed by atoms with Crippen molar-refractivity contribution in [2.45, 2.75) is 37.3 Å². The standard InChI is InChI=1S/C10H12N4OS/c15-5-8-12-10-11-7-4-2-1-3-6(7)9(16)14(10)13-8/h15-16H,1-5H2. The highest BCUT2D eigenvalue weighted by molar-refractivity contribution is 7.80. The van der Waals surface area contributed by atoms with Gasteiger partial charge in [-0.2, -0.15) is 9.50 Å². The van der Waals surface area contributed by atoms with Crippen LogP contribution < -0.4 is 0 Å². The minimum absolute atomic E-state index is 0.165. The second-order valence-corrected chi connectivity index (χ2v) is 4.39. The predicted octanol–water partition coefficient (Wildman–Crippen LogP) is 0.784. The van der Waals surface area contributed by atoms with E-state index in [2.05, 4.69) is 27.7 Å². The van der Waals surface area contributed by atoms with Crippen molar-refractivity contribution in [1.29, 1.82) is 0 Å². The van der Waals surface area contributed by atoms with Crippen LogP contribution in [0.2, 0.25) is 0 Å². The van der Waals surface area contributed by atoms with E-state index in [1.807, 2.05) is 0 Å². The maximum Gasteiger partial charge on any atom is 0.253 e. The lowest BCUT2D eigenvalue weighted by molar-refractivity contribution is 0.271. The van der Waals surface area contributed by atoms with Crippen molar-refractivity contribution < 1.29 is 5.11 Å². The number of hydrogen-bond donors (Lipinski definition) is 2. The smallest absolute Gasteiger partial charge is 0.253 e. The number of fused-ring (bicyclic) bond motifs is 2. The van der Waals surface area contributed by atoms with Crippen LogP contribution in [0.5, 0.6) is 0 Å². The zero-order chi connectivity index (χ0) is 11.1. The summed E-state index contributed by atoms with van der Waals surface area (Å²) >= 11 is 4.49. The first-order valence-corrected chi connectivity index (χ1v) is 5.81. The number of rotatable bonds is 1. The van der Waals surface area contributed by atoms with E-state index < -0.39 is 0 Å². The van der Waals surface area contributed by atoms with Gasteiger partial charge in [0.25, 0.3) is 5.78 Å². The van der Waals surface area contributed by atoms with E-state index in [0.29, 0.717) is 11.6 Å². The van der Waals surface area contributed by atoms with Crippen molar-refractivity contribution in [1.82, 2.24) is 19.6 Å². The summed E-state index contributed by atoms with van der Waals surface area (Å²) in [5, 5.41) is 14.0.